The normalized spacial score (nSPS) is 31.0. The molecule has 2 rings (SSSR count). The lowest BCUT2D eigenvalue weighted by Gasteiger charge is -2.03. The minimum atomic E-state index is 0.661. The van der Waals surface area contributed by atoms with Crippen LogP contribution in [-0.4, -0.2) is 4.83 Å². The molecule has 2 heteroatoms. The highest BCUT2D eigenvalue weighted by atomic mass is 79.9. The van der Waals surface area contributed by atoms with Crippen molar-refractivity contribution < 1.29 is 4.42 Å². The van der Waals surface area contributed by atoms with Crippen molar-refractivity contribution in [3.05, 3.63) is 24.2 Å². The van der Waals surface area contributed by atoms with Crippen molar-refractivity contribution in [2.75, 3.05) is 0 Å². The van der Waals surface area contributed by atoms with Gasteiger partial charge < -0.3 is 4.42 Å². The fraction of sp³-hybridized carbons (Fsp3) is 0.556. The predicted octanol–water partition coefficient (Wildman–Crippen LogP) is 3.31. The molecule has 1 aliphatic carbocycles. The first-order chi connectivity index (χ1) is 5.36. The maximum Gasteiger partial charge on any atom is 0.106 e. The topological polar surface area (TPSA) is 13.1 Å². The molecule has 11 heavy (non-hydrogen) atoms. The highest BCUT2D eigenvalue weighted by molar-refractivity contribution is 9.09. The molecule has 0 aromatic carbocycles. The molecular weight excluding hydrogens is 204 g/mol. The van der Waals surface area contributed by atoms with Gasteiger partial charge in [0.2, 0.25) is 0 Å². The third-order valence-electron chi connectivity index (χ3n) is 2.31. The standard InChI is InChI=1S/C9H11BrO/c10-8-4-3-7(6-8)9-2-1-5-11-9/h1-2,5,7-8H,3-4,6H2. The fourth-order valence-electron chi connectivity index (χ4n) is 1.71. The van der Waals surface area contributed by atoms with Gasteiger partial charge in [0, 0.05) is 10.7 Å². The van der Waals surface area contributed by atoms with E-state index in [0.29, 0.717) is 10.7 Å². The van der Waals surface area contributed by atoms with Gasteiger partial charge in [-0.3, -0.25) is 0 Å². The number of furan rings is 1. The quantitative estimate of drug-likeness (QED) is 0.655. The van der Waals surface area contributed by atoms with Crippen LogP contribution in [0.4, 0.5) is 0 Å². The summed E-state index contributed by atoms with van der Waals surface area (Å²) in [5.74, 6) is 1.82. The summed E-state index contributed by atoms with van der Waals surface area (Å²) in [4.78, 5) is 0.706. The van der Waals surface area contributed by atoms with Gasteiger partial charge in [0.1, 0.15) is 5.76 Å². The summed E-state index contributed by atoms with van der Waals surface area (Å²) >= 11 is 3.62. The summed E-state index contributed by atoms with van der Waals surface area (Å²) in [6.07, 6.45) is 5.54. The van der Waals surface area contributed by atoms with Gasteiger partial charge in [-0.1, -0.05) is 15.9 Å². The second-order valence-electron chi connectivity index (χ2n) is 3.12. The number of hydrogen-bond acceptors (Lipinski definition) is 1. The zero-order valence-corrected chi connectivity index (χ0v) is 7.88. The highest BCUT2D eigenvalue weighted by Gasteiger charge is 2.25. The molecule has 1 aromatic heterocycles. The molecule has 2 unspecified atom stereocenters. The van der Waals surface area contributed by atoms with Gasteiger partial charge >= 0.3 is 0 Å². The summed E-state index contributed by atoms with van der Waals surface area (Å²) in [5.41, 5.74) is 0. The maximum absolute atomic E-state index is 5.34. The van der Waals surface area contributed by atoms with E-state index in [4.69, 9.17) is 4.42 Å². The average Bonchev–Trinajstić information content (AvgIpc) is 2.55. The number of alkyl halides is 1. The Balaban J connectivity index is 2.08. The summed E-state index contributed by atoms with van der Waals surface area (Å²) in [6.45, 7) is 0. The Morgan fingerprint density at radius 2 is 2.36 bits per heavy atom. The molecule has 1 saturated carbocycles. The molecule has 0 N–H and O–H groups in total. The van der Waals surface area contributed by atoms with E-state index in [1.165, 1.54) is 19.3 Å². The molecule has 60 valence electrons. The predicted molar refractivity (Wildman–Crippen MR) is 48.0 cm³/mol. The number of rotatable bonds is 1. The summed E-state index contributed by atoms with van der Waals surface area (Å²) < 4.78 is 5.34. The molecule has 1 aromatic rings. The first-order valence-corrected chi connectivity index (χ1v) is 4.95. The third-order valence-corrected chi connectivity index (χ3v) is 3.15. The van der Waals surface area contributed by atoms with Crippen LogP contribution in [0.5, 0.6) is 0 Å². The third kappa shape index (κ3) is 1.51. The summed E-state index contributed by atoms with van der Waals surface area (Å²) in [7, 11) is 0. The largest absolute Gasteiger partial charge is 0.469 e. The van der Waals surface area contributed by atoms with Crippen molar-refractivity contribution in [2.24, 2.45) is 0 Å². The van der Waals surface area contributed by atoms with Gasteiger partial charge in [-0.15, -0.1) is 0 Å². The molecule has 1 heterocycles. The van der Waals surface area contributed by atoms with Crippen LogP contribution in [-0.2, 0) is 0 Å². The van der Waals surface area contributed by atoms with Crippen LogP contribution >= 0.6 is 15.9 Å². The molecule has 0 amide bonds. The zero-order chi connectivity index (χ0) is 7.68. The van der Waals surface area contributed by atoms with E-state index in [1.54, 1.807) is 6.26 Å². The van der Waals surface area contributed by atoms with Gasteiger partial charge in [0.05, 0.1) is 6.26 Å². The smallest absolute Gasteiger partial charge is 0.106 e. The van der Waals surface area contributed by atoms with Crippen LogP contribution in [0.1, 0.15) is 30.9 Å². The Morgan fingerprint density at radius 3 is 2.91 bits per heavy atom. The maximum atomic E-state index is 5.34. The lowest BCUT2D eigenvalue weighted by Crippen LogP contribution is -1.91. The van der Waals surface area contributed by atoms with Crippen LogP contribution in [0.2, 0.25) is 0 Å². The SMILES string of the molecule is BrC1CCC(c2ccco2)C1. The Morgan fingerprint density at radius 1 is 1.45 bits per heavy atom. The van der Waals surface area contributed by atoms with Crippen LogP contribution < -0.4 is 0 Å². The Bertz CT molecular complexity index is 217. The number of hydrogen-bond donors (Lipinski definition) is 0. The second-order valence-corrected chi connectivity index (χ2v) is 4.42. The van der Waals surface area contributed by atoms with E-state index in [-0.39, 0.29) is 0 Å². The van der Waals surface area contributed by atoms with Crippen LogP contribution in [0.3, 0.4) is 0 Å². The van der Waals surface area contributed by atoms with Crippen LogP contribution in [0.25, 0.3) is 0 Å². The van der Waals surface area contributed by atoms with Crippen molar-refractivity contribution in [3.8, 4) is 0 Å². The van der Waals surface area contributed by atoms with Crippen molar-refractivity contribution in [1.82, 2.24) is 0 Å². The Labute approximate surface area is 74.9 Å². The summed E-state index contributed by atoms with van der Waals surface area (Å²) in [6, 6.07) is 4.05. The minimum Gasteiger partial charge on any atom is -0.469 e. The van der Waals surface area contributed by atoms with E-state index in [9.17, 15) is 0 Å². The molecule has 0 radical (unpaired) electrons. The fourth-order valence-corrected chi connectivity index (χ4v) is 2.42. The molecule has 1 aliphatic rings. The van der Waals surface area contributed by atoms with Gasteiger partial charge in [-0.05, 0) is 31.4 Å². The molecular formula is C9H11BrO. The highest BCUT2D eigenvalue weighted by Crippen LogP contribution is 2.37. The van der Waals surface area contributed by atoms with Crippen molar-refractivity contribution in [3.63, 3.8) is 0 Å². The molecule has 0 spiro atoms. The minimum absolute atomic E-state index is 0.661. The molecule has 2 atom stereocenters. The lowest BCUT2D eigenvalue weighted by atomic mass is 10.1. The van der Waals surface area contributed by atoms with E-state index >= 15 is 0 Å². The van der Waals surface area contributed by atoms with Crippen molar-refractivity contribution in [2.45, 2.75) is 30.0 Å². The van der Waals surface area contributed by atoms with E-state index in [0.717, 1.165) is 5.76 Å². The molecule has 1 fully saturated rings. The Kier molecular flexibility index (Phi) is 2.03. The second kappa shape index (κ2) is 3.02. The average molecular weight is 215 g/mol. The van der Waals surface area contributed by atoms with Gasteiger partial charge in [0.25, 0.3) is 0 Å². The van der Waals surface area contributed by atoms with Gasteiger partial charge in [-0.2, -0.15) is 0 Å². The summed E-state index contributed by atoms with van der Waals surface area (Å²) in [5, 5.41) is 0. The van der Waals surface area contributed by atoms with Crippen molar-refractivity contribution >= 4 is 15.9 Å². The lowest BCUT2D eigenvalue weighted by molar-refractivity contribution is 0.465. The molecule has 0 bridgehead atoms. The van der Waals surface area contributed by atoms with E-state index in [1.807, 2.05) is 6.07 Å². The first-order valence-electron chi connectivity index (χ1n) is 4.04. The van der Waals surface area contributed by atoms with E-state index in [2.05, 4.69) is 22.0 Å². The van der Waals surface area contributed by atoms with Crippen LogP contribution in [0.15, 0.2) is 22.8 Å². The number of halogens is 1. The van der Waals surface area contributed by atoms with Crippen LogP contribution in [0, 0.1) is 0 Å². The zero-order valence-electron chi connectivity index (χ0n) is 6.29. The van der Waals surface area contributed by atoms with Crippen molar-refractivity contribution in [1.29, 1.82) is 0 Å². The molecule has 1 nitrogen and oxygen atoms in total. The van der Waals surface area contributed by atoms with Gasteiger partial charge in [-0.25, -0.2) is 0 Å². The monoisotopic (exact) mass is 214 g/mol. The Hall–Kier alpha value is -0.240. The molecule has 0 aliphatic heterocycles. The van der Waals surface area contributed by atoms with Gasteiger partial charge in [0.15, 0.2) is 0 Å². The molecule has 0 saturated heterocycles. The first kappa shape index (κ1) is 7.41. The van der Waals surface area contributed by atoms with E-state index < -0.39 is 0 Å².